The van der Waals surface area contributed by atoms with Gasteiger partial charge in [0.05, 0.1) is 0 Å². The van der Waals surface area contributed by atoms with Crippen molar-refractivity contribution in [3.63, 3.8) is 0 Å². The van der Waals surface area contributed by atoms with Crippen molar-refractivity contribution in [2.75, 3.05) is 7.05 Å². The maximum absolute atomic E-state index is 11.1. The van der Waals surface area contributed by atoms with Crippen molar-refractivity contribution in [1.29, 1.82) is 5.26 Å². The molecule has 2 N–H and O–H groups in total. The molecule has 1 unspecified atom stereocenters. The first-order chi connectivity index (χ1) is 5.57. The quantitative estimate of drug-likeness (QED) is 0.487. The Balaban J connectivity index is 3.01. The molecule has 0 fully saturated rings. The van der Waals surface area contributed by atoms with Crippen molar-refractivity contribution in [1.82, 2.24) is 9.80 Å². The van der Waals surface area contributed by atoms with Crippen LogP contribution in [0.15, 0.2) is 11.8 Å². The lowest BCUT2D eigenvalue weighted by atomic mass is 10.3. The van der Waals surface area contributed by atoms with E-state index < -0.39 is 6.29 Å². The number of nitrogens with zero attached hydrogens (tertiary/aromatic N) is 3. The molecule has 0 aliphatic carbocycles. The lowest BCUT2D eigenvalue weighted by Crippen LogP contribution is -2.54. The summed E-state index contributed by atoms with van der Waals surface area (Å²) in [6, 6.07) is 0. The number of hydrogen-bond donors (Lipinski definition) is 1. The van der Waals surface area contributed by atoms with Crippen molar-refractivity contribution < 1.29 is 4.79 Å². The van der Waals surface area contributed by atoms with Crippen LogP contribution in [-0.4, -0.2) is 29.0 Å². The fourth-order valence-corrected chi connectivity index (χ4v) is 1.00. The van der Waals surface area contributed by atoms with Crippen LogP contribution in [0.25, 0.3) is 0 Å². The molecule has 64 valence electrons. The van der Waals surface area contributed by atoms with Gasteiger partial charge < -0.3 is 4.90 Å². The highest BCUT2D eigenvalue weighted by molar-refractivity contribution is 5.89. The van der Waals surface area contributed by atoms with Gasteiger partial charge in [-0.05, 0) is 6.92 Å². The maximum atomic E-state index is 11.1. The Kier molecular flexibility index (Phi) is 2.02. The number of rotatable bonds is 0. The predicted molar refractivity (Wildman–Crippen MR) is 42.0 cm³/mol. The number of amides is 1. The molecule has 1 rings (SSSR count). The van der Waals surface area contributed by atoms with Crippen LogP contribution in [0, 0.1) is 11.5 Å². The van der Waals surface area contributed by atoms with Gasteiger partial charge in [-0.3, -0.25) is 10.5 Å². The van der Waals surface area contributed by atoms with Crippen LogP contribution in [0.2, 0.25) is 0 Å². The molecule has 1 amide bonds. The highest BCUT2D eigenvalue weighted by Crippen LogP contribution is 2.13. The van der Waals surface area contributed by atoms with Crippen LogP contribution >= 0.6 is 0 Å². The highest BCUT2D eigenvalue weighted by Gasteiger charge is 2.26. The van der Waals surface area contributed by atoms with Crippen molar-refractivity contribution in [2.45, 2.75) is 13.2 Å². The largest absolute Gasteiger partial charge is 0.308 e. The summed E-state index contributed by atoms with van der Waals surface area (Å²) in [5.74, 6) is -0.175. The minimum atomic E-state index is -0.674. The van der Waals surface area contributed by atoms with Crippen LogP contribution in [0.3, 0.4) is 0 Å². The summed E-state index contributed by atoms with van der Waals surface area (Å²) in [5.41, 5.74) is 6.16. The van der Waals surface area contributed by atoms with E-state index in [2.05, 4.69) is 0 Å². The molecule has 5 heteroatoms. The molecule has 0 aromatic carbocycles. The van der Waals surface area contributed by atoms with Gasteiger partial charge in [0, 0.05) is 18.8 Å². The topological polar surface area (TPSA) is 73.4 Å². The summed E-state index contributed by atoms with van der Waals surface area (Å²) in [7, 11) is 1.56. The predicted octanol–water partition coefficient (Wildman–Crippen LogP) is -0.612. The first-order valence-electron chi connectivity index (χ1n) is 3.47. The Morgan fingerprint density at radius 3 is 2.83 bits per heavy atom. The number of nitriles is 1. The summed E-state index contributed by atoms with van der Waals surface area (Å²) in [6.07, 6.45) is 2.61. The molecule has 0 saturated carbocycles. The smallest absolute Gasteiger partial charge is 0.250 e. The first kappa shape index (κ1) is 8.56. The molecule has 0 aromatic rings. The molecule has 0 spiro atoms. The lowest BCUT2D eigenvalue weighted by Gasteiger charge is -2.34. The Hall–Kier alpha value is -1.54. The van der Waals surface area contributed by atoms with Gasteiger partial charge in [-0.25, -0.2) is 4.90 Å². The monoisotopic (exact) mass is 166 g/mol. The van der Waals surface area contributed by atoms with E-state index in [0.717, 1.165) is 0 Å². The van der Waals surface area contributed by atoms with E-state index in [1.165, 1.54) is 15.9 Å². The molecule has 0 saturated heterocycles. The van der Waals surface area contributed by atoms with Gasteiger partial charge in [0.2, 0.25) is 0 Å². The van der Waals surface area contributed by atoms with E-state index in [4.69, 9.17) is 11.0 Å². The summed E-state index contributed by atoms with van der Waals surface area (Å²) < 4.78 is 0. The van der Waals surface area contributed by atoms with E-state index in [1.54, 1.807) is 14.0 Å². The van der Waals surface area contributed by atoms with Crippen molar-refractivity contribution in [3.05, 3.63) is 11.8 Å². The first-order valence-corrected chi connectivity index (χ1v) is 3.47. The Morgan fingerprint density at radius 1 is 1.75 bits per heavy atom. The van der Waals surface area contributed by atoms with Crippen molar-refractivity contribution in [2.24, 2.45) is 5.73 Å². The summed E-state index contributed by atoms with van der Waals surface area (Å²) >= 11 is 0. The minimum absolute atomic E-state index is 0.175. The average Bonchev–Trinajstić information content (AvgIpc) is 2.01. The molecular weight excluding hydrogens is 156 g/mol. The number of allylic oxidation sites excluding steroid dienone is 1. The van der Waals surface area contributed by atoms with E-state index >= 15 is 0 Å². The third-order valence-electron chi connectivity index (χ3n) is 1.83. The molecule has 1 aliphatic rings. The lowest BCUT2D eigenvalue weighted by molar-refractivity contribution is -0.130. The molecule has 1 atom stereocenters. The summed E-state index contributed by atoms with van der Waals surface area (Å²) in [6.45, 7) is 1.67. The second-order valence-electron chi connectivity index (χ2n) is 2.62. The van der Waals surface area contributed by atoms with Gasteiger partial charge in [0.15, 0.2) is 12.5 Å². The molecule has 0 bridgehead atoms. The van der Waals surface area contributed by atoms with Gasteiger partial charge in [-0.15, -0.1) is 0 Å². The van der Waals surface area contributed by atoms with Crippen LogP contribution in [-0.2, 0) is 4.79 Å². The molecule has 0 aromatic heterocycles. The SMILES string of the molecule is CC1=CC(=O)N(C)C(N)N1C#N. The summed E-state index contributed by atoms with van der Waals surface area (Å²) in [5, 5.41) is 8.65. The third kappa shape index (κ3) is 1.12. The normalized spacial score (nSPS) is 23.7. The van der Waals surface area contributed by atoms with Crippen LogP contribution in [0.5, 0.6) is 0 Å². The number of nitrogens with two attached hydrogens (primary N) is 1. The average molecular weight is 166 g/mol. The highest BCUT2D eigenvalue weighted by atomic mass is 16.2. The standard InChI is InChI=1S/C7H10N4O/c1-5-3-6(12)10(2)7(9)11(5)4-8/h3,7H,9H2,1-2H3. The molecule has 1 heterocycles. The Bertz CT molecular complexity index is 278. The van der Waals surface area contributed by atoms with Crippen LogP contribution in [0.4, 0.5) is 0 Å². The van der Waals surface area contributed by atoms with Gasteiger partial charge in [-0.2, -0.15) is 5.26 Å². The van der Waals surface area contributed by atoms with Crippen molar-refractivity contribution >= 4 is 5.91 Å². The number of likely N-dealkylation sites (N-methyl/N-ethyl adjacent to an activating group) is 1. The second kappa shape index (κ2) is 2.83. The van der Waals surface area contributed by atoms with E-state index in [-0.39, 0.29) is 5.91 Å². The summed E-state index contributed by atoms with van der Waals surface area (Å²) in [4.78, 5) is 13.7. The molecular formula is C7H10N4O. The molecule has 1 aliphatic heterocycles. The second-order valence-corrected chi connectivity index (χ2v) is 2.62. The number of carbonyl (C=O) groups excluding carboxylic acids is 1. The van der Waals surface area contributed by atoms with Gasteiger partial charge in [0.25, 0.3) is 5.91 Å². The van der Waals surface area contributed by atoms with Crippen LogP contribution < -0.4 is 5.73 Å². The van der Waals surface area contributed by atoms with Crippen LogP contribution in [0.1, 0.15) is 6.92 Å². The zero-order valence-corrected chi connectivity index (χ0v) is 6.98. The minimum Gasteiger partial charge on any atom is -0.308 e. The fraction of sp³-hybridized carbons (Fsp3) is 0.429. The zero-order chi connectivity index (χ0) is 9.30. The van der Waals surface area contributed by atoms with Crippen molar-refractivity contribution in [3.8, 4) is 6.19 Å². The van der Waals surface area contributed by atoms with E-state index in [0.29, 0.717) is 5.70 Å². The van der Waals surface area contributed by atoms with Gasteiger partial charge >= 0.3 is 0 Å². The fourth-order valence-electron chi connectivity index (χ4n) is 1.00. The Morgan fingerprint density at radius 2 is 2.33 bits per heavy atom. The van der Waals surface area contributed by atoms with Gasteiger partial charge in [-0.1, -0.05) is 0 Å². The molecule has 5 nitrogen and oxygen atoms in total. The molecule has 12 heavy (non-hydrogen) atoms. The third-order valence-corrected chi connectivity index (χ3v) is 1.83. The zero-order valence-electron chi connectivity index (χ0n) is 6.98. The number of carbonyl (C=O) groups is 1. The number of hydrogen-bond acceptors (Lipinski definition) is 4. The maximum Gasteiger partial charge on any atom is 0.250 e. The Labute approximate surface area is 70.6 Å². The molecule has 0 radical (unpaired) electrons. The van der Waals surface area contributed by atoms with E-state index in [1.807, 2.05) is 6.19 Å². The van der Waals surface area contributed by atoms with E-state index in [9.17, 15) is 4.79 Å². The van der Waals surface area contributed by atoms with Gasteiger partial charge in [0.1, 0.15) is 0 Å².